The lowest BCUT2D eigenvalue weighted by Crippen LogP contribution is -2.37. The molecule has 44 heavy (non-hydrogen) atoms. The number of carbonyl (C=O) groups is 1. The van der Waals surface area contributed by atoms with Gasteiger partial charge in [0.25, 0.3) is 10.0 Å². The fourth-order valence-electron chi connectivity index (χ4n) is 4.44. The van der Waals surface area contributed by atoms with Crippen LogP contribution in [-0.4, -0.2) is 78.1 Å². The number of anilines is 1. The Bertz CT molecular complexity index is 1730. The zero-order valence-corrected chi connectivity index (χ0v) is 25.5. The summed E-state index contributed by atoms with van der Waals surface area (Å²) in [5.41, 5.74) is 0.485. The number of hydrogen-bond donors (Lipinski definition) is 1. The molecule has 15 heteroatoms. The van der Waals surface area contributed by atoms with Crippen LogP contribution in [-0.2, 0) is 19.5 Å². The predicted octanol–water partition coefficient (Wildman–Crippen LogP) is 5.28. The van der Waals surface area contributed by atoms with Crippen LogP contribution >= 0.6 is 11.3 Å². The molecule has 0 unspecified atom stereocenters. The number of pyridine rings is 1. The van der Waals surface area contributed by atoms with E-state index < -0.39 is 22.0 Å². The smallest absolute Gasteiger partial charge is 0.493 e. The third-order valence-electron chi connectivity index (χ3n) is 6.60. The Morgan fingerprint density at radius 1 is 1.07 bits per heavy atom. The number of methoxy groups -OCH3 is 2. The summed E-state index contributed by atoms with van der Waals surface area (Å²) in [5.74, 6) is 0.338. The minimum Gasteiger partial charge on any atom is -0.493 e. The molecule has 3 heterocycles. The van der Waals surface area contributed by atoms with Crippen LogP contribution in [0, 0.1) is 5.82 Å². The van der Waals surface area contributed by atoms with Crippen molar-refractivity contribution in [2.45, 2.75) is 11.3 Å². The maximum atomic E-state index is 15.2. The minimum atomic E-state index is -4.22. The van der Waals surface area contributed by atoms with Gasteiger partial charge >= 0.3 is 6.16 Å². The number of rotatable bonds is 12. The fraction of sp³-hybridized carbons (Fsp3) is 0.310. The molecule has 1 N–H and O–H groups in total. The van der Waals surface area contributed by atoms with Gasteiger partial charge in [-0.15, -0.1) is 11.3 Å². The second-order valence-electron chi connectivity index (χ2n) is 9.47. The van der Waals surface area contributed by atoms with E-state index in [0.29, 0.717) is 34.8 Å². The topological polar surface area (TPSA) is 135 Å². The molecule has 0 bridgehead atoms. The van der Waals surface area contributed by atoms with E-state index in [4.69, 9.17) is 23.7 Å². The van der Waals surface area contributed by atoms with Gasteiger partial charge < -0.3 is 28.4 Å². The number of fused-ring (bicyclic) bond motifs is 1. The summed E-state index contributed by atoms with van der Waals surface area (Å²) in [6, 6.07) is 9.91. The van der Waals surface area contributed by atoms with Crippen LogP contribution < -0.4 is 23.7 Å². The normalized spacial score (nSPS) is 13.8. The largest absolute Gasteiger partial charge is 0.514 e. The number of morpholine rings is 1. The first-order valence-corrected chi connectivity index (χ1v) is 15.9. The van der Waals surface area contributed by atoms with E-state index in [1.807, 2.05) is 0 Å². The Morgan fingerprint density at radius 2 is 1.89 bits per heavy atom. The first kappa shape index (κ1) is 31.3. The molecule has 0 radical (unpaired) electrons. The summed E-state index contributed by atoms with van der Waals surface area (Å²) in [6.45, 7) is 4.70. The summed E-state index contributed by atoms with van der Waals surface area (Å²) in [4.78, 5) is 17.9. The molecular weight excluding hydrogens is 617 g/mol. The Balaban J connectivity index is 1.28. The van der Waals surface area contributed by atoms with Crippen molar-refractivity contribution in [3.63, 3.8) is 0 Å². The first-order chi connectivity index (χ1) is 21.3. The molecule has 0 atom stereocenters. The second-order valence-corrected chi connectivity index (χ2v) is 12.0. The highest BCUT2D eigenvalue weighted by molar-refractivity contribution is 7.93. The van der Waals surface area contributed by atoms with E-state index >= 15 is 4.39 Å². The number of ether oxygens (including phenoxy) is 6. The molecule has 0 aliphatic carbocycles. The fourth-order valence-corrected chi connectivity index (χ4v) is 6.68. The number of halogens is 1. The Labute approximate surface area is 257 Å². The molecule has 5 rings (SSSR count). The highest BCUT2D eigenvalue weighted by atomic mass is 32.2. The van der Waals surface area contributed by atoms with Crippen LogP contribution in [0.1, 0.15) is 6.42 Å². The van der Waals surface area contributed by atoms with Gasteiger partial charge in [0.2, 0.25) is 5.06 Å². The van der Waals surface area contributed by atoms with E-state index in [-0.39, 0.29) is 21.4 Å². The molecule has 4 aromatic rings. The third kappa shape index (κ3) is 7.48. The average molecular weight is 648 g/mol. The van der Waals surface area contributed by atoms with E-state index in [9.17, 15) is 13.2 Å². The molecule has 0 amide bonds. The van der Waals surface area contributed by atoms with Gasteiger partial charge in [0, 0.05) is 43.4 Å². The first-order valence-electron chi connectivity index (χ1n) is 13.5. The Morgan fingerprint density at radius 3 is 2.64 bits per heavy atom. The third-order valence-corrected chi connectivity index (χ3v) is 8.92. The van der Waals surface area contributed by atoms with Crippen LogP contribution in [0.4, 0.5) is 14.9 Å². The molecule has 12 nitrogen and oxygen atoms in total. The van der Waals surface area contributed by atoms with E-state index in [1.165, 1.54) is 36.9 Å². The lowest BCUT2D eigenvalue weighted by molar-refractivity contribution is 0.0357. The number of thiophene rings is 1. The standard InChI is InChI=1S/C29H30FN3O9S2/c1-37-25-17-20-22(18-26(25)40-12-3-9-33-10-13-39-14-11-33)31-8-6-23(20)41-24-5-4-19(16-21(24)30)32-44(35,36)27-7-15-43-28(27)42-29(34)38-2/h4-8,15-18,32H,3,9-14H2,1-2H3. The van der Waals surface area contributed by atoms with Crippen molar-refractivity contribution in [3.05, 3.63) is 59.9 Å². The highest BCUT2D eigenvalue weighted by Gasteiger charge is 2.24. The number of nitrogens with zero attached hydrogens (tertiary/aromatic N) is 2. The molecule has 234 valence electrons. The van der Waals surface area contributed by atoms with Gasteiger partial charge in [-0.3, -0.25) is 14.6 Å². The lowest BCUT2D eigenvalue weighted by Gasteiger charge is -2.26. The van der Waals surface area contributed by atoms with Crippen LogP contribution in [0.5, 0.6) is 28.1 Å². The van der Waals surface area contributed by atoms with Crippen LogP contribution in [0.3, 0.4) is 0 Å². The van der Waals surface area contributed by atoms with Crippen molar-refractivity contribution in [3.8, 4) is 28.1 Å². The van der Waals surface area contributed by atoms with E-state index in [2.05, 4.69) is 19.3 Å². The highest BCUT2D eigenvalue weighted by Crippen LogP contribution is 2.38. The number of carbonyl (C=O) groups excluding carboxylic acids is 1. The van der Waals surface area contributed by atoms with Crippen molar-refractivity contribution in [2.75, 3.05) is 58.4 Å². The number of sulfonamides is 1. The zero-order valence-electron chi connectivity index (χ0n) is 23.9. The van der Waals surface area contributed by atoms with Crippen molar-refractivity contribution in [1.82, 2.24) is 9.88 Å². The summed E-state index contributed by atoms with van der Waals surface area (Å²) in [5, 5.41) is 1.80. The maximum Gasteiger partial charge on any atom is 0.514 e. The van der Waals surface area contributed by atoms with Gasteiger partial charge in [0.05, 0.1) is 45.2 Å². The van der Waals surface area contributed by atoms with Gasteiger partial charge in [-0.2, -0.15) is 0 Å². The molecule has 0 spiro atoms. The van der Waals surface area contributed by atoms with Crippen molar-refractivity contribution >= 4 is 44.1 Å². The van der Waals surface area contributed by atoms with Gasteiger partial charge in [-0.05, 0) is 42.1 Å². The summed E-state index contributed by atoms with van der Waals surface area (Å²) in [7, 11) is -1.59. The van der Waals surface area contributed by atoms with Crippen LogP contribution in [0.15, 0.2) is 58.9 Å². The average Bonchev–Trinajstić information content (AvgIpc) is 3.50. The second kappa shape index (κ2) is 14.1. The molecule has 1 saturated heterocycles. The predicted molar refractivity (Wildman–Crippen MR) is 160 cm³/mol. The van der Waals surface area contributed by atoms with Gasteiger partial charge in [0.15, 0.2) is 23.1 Å². The van der Waals surface area contributed by atoms with Crippen molar-refractivity contribution in [2.24, 2.45) is 0 Å². The Kier molecular flexibility index (Phi) is 9.99. The maximum absolute atomic E-state index is 15.2. The summed E-state index contributed by atoms with van der Waals surface area (Å²) in [6.07, 6.45) is 1.29. The number of hydrogen-bond acceptors (Lipinski definition) is 12. The molecule has 1 fully saturated rings. The van der Waals surface area contributed by atoms with E-state index in [0.717, 1.165) is 63.8 Å². The monoisotopic (exact) mass is 647 g/mol. The molecule has 0 saturated carbocycles. The Hall–Kier alpha value is -4.18. The summed E-state index contributed by atoms with van der Waals surface area (Å²) >= 11 is 0.888. The van der Waals surface area contributed by atoms with Crippen LogP contribution in [0.25, 0.3) is 10.9 Å². The number of aromatic nitrogens is 1. The summed E-state index contributed by atoms with van der Waals surface area (Å²) < 4.78 is 75.4. The molecular formula is C29H30FN3O9S2. The SMILES string of the molecule is COC(=O)Oc1sccc1S(=O)(=O)Nc1ccc(Oc2ccnc3cc(OCCCN4CCOCC4)c(OC)cc23)c(F)c1. The van der Waals surface area contributed by atoms with Gasteiger partial charge in [-0.25, -0.2) is 17.6 Å². The molecule has 1 aliphatic heterocycles. The van der Waals surface area contributed by atoms with Gasteiger partial charge in [0.1, 0.15) is 10.6 Å². The van der Waals surface area contributed by atoms with E-state index in [1.54, 1.807) is 18.2 Å². The zero-order chi connectivity index (χ0) is 31.1. The quantitative estimate of drug-likeness (QED) is 0.159. The lowest BCUT2D eigenvalue weighted by atomic mass is 10.1. The van der Waals surface area contributed by atoms with Crippen molar-refractivity contribution in [1.29, 1.82) is 0 Å². The van der Waals surface area contributed by atoms with Crippen molar-refractivity contribution < 1.29 is 46.0 Å². The number of nitrogens with one attached hydrogen (secondary N) is 1. The molecule has 1 aliphatic rings. The minimum absolute atomic E-state index is 0.0678. The molecule has 2 aromatic heterocycles. The van der Waals surface area contributed by atoms with Crippen LogP contribution in [0.2, 0.25) is 0 Å². The molecule has 2 aromatic carbocycles. The van der Waals surface area contributed by atoms with Gasteiger partial charge in [-0.1, -0.05) is 0 Å². The number of benzene rings is 2.